The average Bonchev–Trinajstić information content (AvgIpc) is 2.91. The zero-order valence-electron chi connectivity index (χ0n) is 12.4. The van der Waals surface area contributed by atoms with Crippen LogP contribution in [0, 0.1) is 23.5 Å². The van der Waals surface area contributed by atoms with Crippen LogP contribution in [-0.4, -0.2) is 14.8 Å². The Hall–Kier alpha value is -1.42. The number of rotatable bonds is 2. The van der Waals surface area contributed by atoms with Gasteiger partial charge in [-0.25, -0.2) is 0 Å². The fourth-order valence-electron chi connectivity index (χ4n) is 4.18. The van der Waals surface area contributed by atoms with Crippen molar-refractivity contribution >= 4 is 12.2 Å². The van der Waals surface area contributed by atoms with Gasteiger partial charge >= 0.3 is 0 Å². The van der Waals surface area contributed by atoms with Gasteiger partial charge in [0, 0.05) is 11.6 Å². The molecule has 5 rings (SSSR count). The summed E-state index contributed by atoms with van der Waals surface area (Å²) in [5.74, 6) is 2.68. The molecule has 1 heterocycles. The number of fused-ring (bicyclic) bond motifs is 3. The van der Waals surface area contributed by atoms with Crippen molar-refractivity contribution in [2.75, 3.05) is 0 Å². The number of aryl methyl sites for hydroxylation is 1. The molecule has 1 aromatic carbocycles. The molecular weight excluding hydrogens is 278 g/mol. The van der Waals surface area contributed by atoms with Gasteiger partial charge in [-0.2, -0.15) is 5.10 Å². The molecule has 3 saturated carbocycles. The van der Waals surface area contributed by atoms with Gasteiger partial charge in [-0.05, 0) is 50.2 Å². The van der Waals surface area contributed by atoms with Gasteiger partial charge in [0.25, 0.3) is 0 Å². The van der Waals surface area contributed by atoms with Crippen LogP contribution in [0.3, 0.4) is 0 Å². The number of aromatic nitrogens is 3. The first-order chi connectivity index (χ1) is 10.2. The lowest BCUT2D eigenvalue weighted by Crippen LogP contribution is -2.33. The number of nitrogens with one attached hydrogen (secondary N) is 1. The highest BCUT2D eigenvalue weighted by Gasteiger charge is 2.37. The van der Waals surface area contributed by atoms with E-state index in [9.17, 15) is 0 Å². The Morgan fingerprint density at radius 3 is 2.48 bits per heavy atom. The van der Waals surface area contributed by atoms with E-state index in [1.807, 2.05) is 0 Å². The normalized spacial score (nSPS) is 28.0. The minimum atomic E-state index is 0.542. The number of aromatic amines is 1. The maximum atomic E-state index is 5.54. The Bertz CT molecular complexity index is 690. The summed E-state index contributed by atoms with van der Waals surface area (Å²) in [5, 5.41) is 7.54. The predicted octanol–water partition coefficient (Wildman–Crippen LogP) is 4.67. The molecule has 0 saturated heterocycles. The third kappa shape index (κ3) is 2.26. The second kappa shape index (κ2) is 5.09. The topological polar surface area (TPSA) is 33.6 Å². The van der Waals surface area contributed by atoms with Crippen LogP contribution in [0.15, 0.2) is 24.3 Å². The van der Waals surface area contributed by atoms with E-state index in [0.717, 1.165) is 28.0 Å². The molecule has 1 aromatic heterocycles. The van der Waals surface area contributed by atoms with E-state index in [2.05, 4.69) is 46.0 Å². The lowest BCUT2D eigenvalue weighted by Gasteiger charge is -2.43. The maximum Gasteiger partial charge on any atom is 0.195 e. The van der Waals surface area contributed by atoms with Gasteiger partial charge in [-0.15, -0.1) is 0 Å². The van der Waals surface area contributed by atoms with Crippen molar-refractivity contribution in [3.63, 3.8) is 0 Å². The van der Waals surface area contributed by atoms with E-state index in [-0.39, 0.29) is 0 Å². The molecule has 4 heteroatoms. The second-order valence-corrected chi connectivity index (χ2v) is 7.06. The minimum Gasteiger partial charge on any atom is -0.297 e. The van der Waals surface area contributed by atoms with Crippen molar-refractivity contribution in [1.82, 2.24) is 14.8 Å². The van der Waals surface area contributed by atoms with Crippen molar-refractivity contribution in [1.29, 1.82) is 0 Å². The third-order valence-corrected chi connectivity index (χ3v) is 5.64. The first-order valence-electron chi connectivity index (χ1n) is 7.96. The summed E-state index contributed by atoms with van der Waals surface area (Å²) >= 11 is 5.54. The summed E-state index contributed by atoms with van der Waals surface area (Å²) in [7, 11) is 0. The molecular formula is C17H21N3S. The van der Waals surface area contributed by atoms with Crippen LogP contribution in [-0.2, 0) is 0 Å². The smallest absolute Gasteiger partial charge is 0.195 e. The summed E-state index contributed by atoms with van der Waals surface area (Å²) in [5.41, 5.74) is 2.44. The molecule has 0 aliphatic heterocycles. The maximum absolute atomic E-state index is 5.54. The number of hydrogen-bond acceptors (Lipinski definition) is 2. The molecule has 1 atom stereocenters. The van der Waals surface area contributed by atoms with Gasteiger partial charge in [0.2, 0.25) is 0 Å². The Balaban J connectivity index is 1.77. The van der Waals surface area contributed by atoms with Crippen molar-refractivity contribution in [3.05, 3.63) is 34.6 Å². The number of hydrogen-bond donors (Lipinski definition) is 1. The van der Waals surface area contributed by atoms with E-state index in [0.29, 0.717) is 6.04 Å². The van der Waals surface area contributed by atoms with Crippen LogP contribution in [0.4, 0.5) is 0 Å². The third-order valence-electron chi connectivity index (χ3n) is 5.36. The quantitative estimate of drug-likeness (QED) is 0.818. The van der Waals surface area contributed by atoms with Gasteiger partial charge in [-0.3, -0.25) is 9.67 Å². The lowest BCUT2D eigenvalue weighted by molar-refractivity contribution is 0.105. The molecule has 110 valence electrons. The fraction of sp³-hybridized carbons (Fsp3) is 0.529. The summed E-state index contributed by atoms with van der Waals surface area (Å²) in [6.07, 6.45) is 6.81. The highest BCUT2D eigenvalue weighted by molar-refractivity contribution is 7.71. The summed E-state index contributed by atoms with van der Waals surface area (Å²) in [4.78, 5) is 0. The molecule has 3 fully saturated rings. The zero-order valence-corrected chi connectivity index (χ0v) is 13.2. The van der Waals surface area contributed by atoms with Crippen molar-refractivity contribution in [2.45, 2.75) is 45.1 Å². The van der Waals surface area contributed by atoms with E-state index >= 15 is 0 Å². The zero-order chi connectivity index (χ0) is 14.4. The number of nitrogens with zero attached hydrogens (tertiary/aromatic N) is 2. The Morgan fingerprint density at radius 2 is 1.86 bits per heavy atom. The van der Waals surface area contributed by atoms with E-state index < -0.39 is 0 Å². The molecule has 0 radical (unpaired) electrons. The van der Waals surface area contributed by atoms with Crippen LogP contribution in [0.25, 0.3) is 11.4 Å². The SMILES string of the molecule is Cc1ccc(-c2n[nH]c(=S)n2[C@H]2CC3CCC2CC3)cc1. The molecule has 3 nitrogen and oxygen atoms in total. The van der Waals surface area contributed by atoms with Crippen molar-refractivity contribution < 1.29 is 0 Å². The second-order valence-electron chi connectivity index (χ2n) is 6.67. The van der Waals surface area contributed by atoms with Gasteiger partial charge in [-0.1, -0.05) is 42.7 Å². The summed E-state index contributed by atoms with van der Waals surface area (Å²) in [6.45, 7) is 2.11. The molecule has 2 aromatic rings. The highest BCUT2D eigenvalue weighted by Crippen LogP contribution is 2.48. The van der Waals surface area contributed by atoms with Crippen LogP contribution in [0.2, 0.25) is 0 Å². The van der Waals surface area contributed by atoms with Crippen LogP contribution >= 0.6 is 12.2 Å². The van der Waals surface area contributed by atoms with Crippen LogP contribution < -0.4 is 0 Å². The van der Waals surface area contributed by atoms with E-state index in [1.165, 1.54) is 37.7 Å². The van der Waals surface area contributed by atoms with Gasteiger partial charge in [0.1, 0.15) is 0 Å². The molecule has 0 spiro atoms. The minimum absolute atomic E-state index is 0.542. The highest BCUT2D eigenvalue weighted by atomic mass is 32.1. The van der Waals surface area contributed by atoms with Crippen LogP contribution in [0.1, 0.15) is 43.7 Å². The molecule has 1 N–H and O–H groups in total. The summed E-state index contributed by atoms with van der Waals surface area (Å²) < 4.78 is 3.08. The molecule has 21 heavy (non-hydrogen) atoms. The molecule has 2 bridgehead atoms. The standard InChI is InChI=1S/C17H21N3S/c1-11-2-6-14(7-3-11)16-18-19-17(21)20(16)15-10-12-4-8-13(15)9-5-12/h2-3,6-7,12-13,15H,4-5,8-10H2,1H3,(H,19,21)/t12?,13?,15-/m0/s1. The first kappa shape index (κ1) is 13.3. The summed E-state index contributed by atoms with van der Waals surface area (Å²) in [6, 6.07) is 9.13. The molecule has 3 aliphatic rings. The molecule has 3 aliphatic carbocycles. The molecule has 0 amide bonds. The van der Waals surface area contributed by atoms with Crippen molar-refractivity contribution in [2.24, 2.45) is 11.8 Å². The largest absolute Gasteiger partial charge is 0.297 e. The van der Waals surface area contributed by atoms with Crippen molar-refractivity contribution in [3.8, 4) is 11.4 Å². The van der Waals surface area contributed by atoms with E-state index in [4.69, 9.17) is 12.2 Å². The van der Waals surface area contributed by atoms with E-state index in [1.54, 1.807) is 0 Å². The first-order valence-corrected chi connectivity index (χ1v) is 8.37. The number of benzene rings is 1. The van der Waals surface area contributed by atoms with Gasteiger partial charge in [0.15, 0.2) is 10.6 Å². The Labute approximate surface area is 130 Å². The van der Waals surface area contributed by atoms with Gasteiger partial charge in [0.05, 0.1) is 0 Å². The van der Waals surface area contributed by atoms with Crippen LogP contribution in [0.5, 0.6) is 0 Å². The lowest BCUT2D eigenvalue weighted by atomic mass is 9.68. The monoisotopic (exact) mass is 299 g/mol. The Morgan fingerprint density at radius 1 is 1.14 bits per heavy atom. The average molecular weight is 299 g/mol. The van der Waals surface area contributed by atoms with Gasteiger partial charge < -0.3 is 0 Å². The number of H-pyrrole nitrogens is 1. The predicted molar refractivity (Wildman–Crippen MR) is 86.7 cm³/mol. The fourth-order valence-corrected chi connectivity index (χ4v) is 4.45. The Kier molecular flexibility index (Phi) is 3.21. The molecule has 0 unspecified atom stereocenters.